The van der Waals surface area contributed by atoms with Gasteiger partial charge in [-0.3, -0.25) is 0 Å². The van der Waals surface area contributed by atoms with Crippen molar-refractivity contribution in [3.05, 3.63) is 23.8 Å². The molecular weight excluding hydrogens is 192 g/mol. The van der Waals surface area contributed by atoms with Crippen LogP contribution >= 0.6 is 0 Å². The van der Waals surface area contributed by atoms with Gasteiger partial charge in [-0.2, -0.15) is 0 Å². The molecule has 0 aliphatic carbocycles. The molecule has 0 heterocycles. The molecule has 0 saturated heterocycles. The molecule has 0 saturated carbocycles. The van der Waals surface area contributed by atoms with E-state index in [4.69, 9.17) is 10.9 Å². The van der Waals surface area contributed by atoms with E-state index in [1.54, 1.807) is 0 Å². The average molecular weight is 201 g/mol. The molecule has 0 atom stereocenters. The van der Waals surface area contributed by atoms with Gasteiger partial charge in [0.2, 0.25) is 10.0 Å². The molecule has 6 heteroatoms. The number of nitrogens with two attached hydrogens (primary N) is 2. The Labute approximate surface area is 76.0 Å². The molecule has 13 heavy (non-hydrogen) atoms. The molecule has 0 aromatic heterocycles. The second-order valence-corrected chi connectivity index (χ2v) is 3.95. The van der Waals surface area contributed by atoms with Crippen molar-refractivity contribution in [3.63, 3.8) is 0 Å². The Morgan fingerprint density at radius 1 is 1.54 bits per heavy atom. The van der Waals surface area contributed by atoms with Crippen LogP contribution in [0.25, 0.3) is 0 Å². The first-order valence-corrected chi connectivity index (χ1v) is 4.97. The zero-order valence-electron chi connectivity index (χ0n) is 6.69. The fraction of sp³-hybridized carbons (Fsp3) is 0.143. The van der Waals surface area contributed by atoms with E-state index in [-0.39, 0.29) is 17.0 Å². The fourth-order valence-electron chi connectivity index (χ4n) is 0.899. The lowest BCUT2D eigenvalue weighted by atomic mass is 10.2. The van der Waals surface area contributed by atoms with E-state index in [0.29, 0.717) is 0 Å². The maximum atomic E-state index is 10.9. The van der Waals surface area contributed by atoms with Crippen LogP contribution in [0.4, 0.5) is 0 Å². The van der Waals surface area contributed by atoms with Gasteiger partial charge in [0.15, 0.2) is 0 Å². The van der Waals surface area contributed by atoms with Crippen molar-refractivity contribution in [2.24, 2.45) is 10.9 Å². The number of hydrogen-bond donors (Lipinski definition) is 3. The predicted molar refractivity (Wildman–Crippen MR) is 46.2 cm³/mol. The SMILES string of the molecule is NCc1[c]ccc(S(N)(=O)=O)c1O. The Balaban J connectivity index is 3.41. The van der Waals surface area contributed by atoms with Gasteiger partial charge in [-0.05, 0) is 12.1 Å². The molecule has 0 amide bonds. The second-order valence-electron chi connectivity index (χ2n) is 2.42. The van der Waals surface area contributed by atoms with Crippen LogP contribution in [0.2, 0.25) is 0 Å². The van der Waals surface area contributed by atoms with Crippen molar-refractivity contribution in [2.75, 3.05) is 0 Å². The highest BCUT2D eigenvalue weighted by atomic mass is 32.2. The predicted octanol–water partition coefficient (Wildman–Crippen LogP) is -0.702. The molecule has 0 aliphatic rings. The van der Waals surface area contributed by atoms with Crippen molar-refractivity contribution in [1.29, 1.82) is 0 Å². The van der Waals surface area contributed by atoms with Gasteiger partial charge in [0.1, 0.15) is 10.6 Å². The number of benzene rings is 1. The van der Waals surface area contributed by atoms with Crippen LogP contribution in [-0.2, 0) is 16.6 Å². The van der Waals surface area contributed by atoms with E-state index < -0.39 is 15.8 Å². The first-order chi connectivity index (χ1) is 5.96. The number of sulfonamides is 1. The van der Waals surface area contributed by atoms with Crippen molar-refractivity contribution in [2.45, 2.75) is 11.4 Å². The molecule has 5 N–H and O–H groups in total. The summed E-state index contributed by atoms with van der Waals surface area (Å²) < 4.78 is 21.8. The van der Waals surface area contributed by atoms with Gasteiger partial charge in [0.25, 0.3) is 0 Å². The molecule has 0 fully saturated rings. The summed E-state index contributed by atoms with van der Waals surface area (Å²) in [5.74, 6) is -0.424. The summed E-state index contributed by atoms with van der Waals surface area (Å²) in [5.41, 5.74) is 5.46. The van der Waals surface area contributed by atoms with E-state index in [0.717, 1.165) is 0 Å². The summed E-state index contributed by atoms with van der Waals surface area (Å²) in [5, 5.41) is 14.2. The quantitative estimate of drug-likeness (QED) is 0.588. The van der Waals surface area contributed by atoms with E-state index >= 15 is 0 Å². The van der Waals surface area contributed by atoms with Crippen LogP contribution in [0.3, 0.4) is 0 Å². The third kappa shape index (κ3) is 1.97. The van der Waals surface area contributed by atoms with Crippen molar-refractivity contribution >= 4 is 10.0 Å². The molecule has 5 nitrogen and oxygen atoms in total. The highest BCUT2D eigenvalue weighted by molar-refractivity contribution is 7.89. The van der Waals surface area contributed by atoms with Gasteiger partial charge >= 0.3 is 0 Å². The van der Waals surface area contributed by atoms with Crippen LogP contribution in [0.1, 0.15) is 5.56 Å². The Morgan fingerprint density at radius 3 is 2.62 bits per heavy atom. The van der Waals surface area contributed by atoms with Crippen LogP contribution in [0, 0.1) is 6.07 Å². The van der Waals surface area contributed by atoms with Crippen molar-refractivity contribution in [1.82, 2.24) is 0 Å². The average Bonchev–Trinajstić information content (AvgIpc) is 2.02. The molecule has 1 radical (unpaired) electrons. The standard InChI is InChI=1S/C7H9N2O3S/c8-4-5-2-1-3-6(7(5)10)13(9,11)12/h1,3,10H,4,8H2,(H2,9,11,12). The Hall–Kier alpha value is -1.11. The summed E-state index contributed by atoms with van der Waals surface area (Å²) in [6.07, 6.45) is 0. The topological polar surface area (TPSA) is 106 Å². The van der Waals surface area contributed by atoms with Crippen LogP contribution in [-0.4, -0.2) is 13.5 Å². The lowest BCUT2D eigenvalue weighted by Gasteiger charge is -2.04. The fourth-order valence-corrected chi connectivity index (χ4v) is 1.55. The molecule has 1 rings (SSSR count). The third-order valence-corrected chi connectivity index (χ3v) is 2.46. The normalized spacial score (nSPS) is 11.5. The van der Waals surface area contributed by atoms with Gasteiger partial charge in [0, 0.05) is 12.1 Å². The zero-order valence-corrected chi connectivity index (χ0v) is 7.50. The second kappa shape index (κ2) is 3.33. The zero-order chi connectivity index (χ0) is 10.1. The minimum absolute atomic E-state index is 0.00912. The Morgan fingerprint density at radius 2 is 2.15 bits per heavy atom. The minimum atomic E-state index is -3.89. The monoisotopic (exact) mass is 201 g/mol. The number of phenolic OH excluding ortho intramolecular Hbond substituents is 1. The summed E-state index contributed by atoms with van der Waals surface area (Å²) in [6.45, 7) is 0.00912. The van der Waals surface area contributed by atoms with E-state index in [2.05, 4.69) is 6.07 Å². The number of phenols is 1. The number of aromatic hydroxyl groups is 1. The number of primary sulfonamides is 1. The van der Waals surface area contributed by atoms with Gasteiger partial charge < -0.3 is 10.8 Å². The van der Waals surface area contributed by atoms with Crippen molar-refractivity contribution in [3.8, 4) is 5.75 Å². The van der Waals surface area contributed by atoms with Gasteiger partial charge in [-0.15, -0.1) is 0 Å². The smallest absolute Gasteiger partial charge is 0.241 e. The first kappa shape index (κ1) is 9.97. The largest absolute Gasteiger partial charge is 0.506 e. The highest BCUT2D eigenvalue weighted by Gasteiger charge is 2.15. The minimum Gasteiger partial charge on any atom is -0.506 e. The maximum Gasteiger partial charge on any atom is 0.241 e. The van der Waals surface area contributed by atoms with Crippen molar-refractivity contribution < 1.29 is 13.5 Å². The Bertz CT molecular complexity index is 414. The summed E-state index contributed by atoms with van der Waals surface area (Å²) >= 11 is 0. The third-order valence-electron chi connectivity index (χ3n) is 1.52. The van der Waals surface area contributed by atoms with E-state index in [9.17, 15) is 13.5 Å². The molecule has 0 unspecified atom stereocenters. The molecule has 0 aliphatic heterocycles. The lowest BCUT2D eigenvalue weighted by molar-refractivity contribution is 0.451. The Kier molecular flexibility index (Phi) is 2.55. The summed E-state index contributed by atoms with van der Waals surface area (Å²) in [4.78, 5) is -0.327. The first-order valence-electron chi connectivity index (χ1n) is 3.42. The van der Waals surface area contributed by atoms with Crippen LogP contribution < -0.4 is 10.9 Å². The molecule has 71 valence electrons. The summed E-state index contributed by atoms with van der Waals surface area (Å²) in [6, 6.07) is 5.12. The van der Waals surface area contributed by atoms with Gasteiger partial charge in [-0.1, -0.05) is 6.07 Å². The number of hydrogen-bond acceptors (Lipinski definition) is 4. The summed E-state index contributed by atoms with van der Waals surface area (Å²) in [7, 11) is -3.89. The van der Waals surface area contributed by atoms with Crippen LogP contribution in [0.5, 0.6) is 5.75 Å². The molecule has 1 aromatic carbocycles. The van der Waals surface area contributed by atoms with Gasteiger partial charge in [-0.25, -0.2) is 13.6 Å². The molecular formula is C7H9N2O3S. The lowest BCUT2D eigenvalue weighted by Crippen LogP contribution is -2.13. The maximum absolute atomic E-state index is 10.9. The molecule has 1 aromatic rings. The number of rotatable bonds is 2. The highest BCUT2D eigenvalue weighted by Crippen LogP contribution is 2.24. The molecule has 0 spiro atoms. The van der Waals surface area contributed by atoms with E-state index in [1.165, 1.54) is 12.1 Å². The van der Waals surface area contributed by atoms with Gasteiger partial charge in [0.05, 0.1) is 0 Å². The van der Waals surface area contributed by atoms with Crippen LogP contribution in [0.15, 0.2) is 17.0 Å². The van der Waals surface area contributed by atoms with E-state index in [1.807, 2.05) is 0 Å². The molecule has 0 bridgehead atoms.